The summed E-state index contributed by atoms with van der Waals surface area (Å²) in [6.45, 7) is 9.99. The van der Waals surface area contributed by atoms with Crippen LogP contribution in [0, 0.1) is 5.92 Å². The van der Waals surface area contributed by atoms with Gasteiger partial charge in [-0.15, -0.1) is 0 Å². The number of nitrogens with one attached hydrogen (secondary N) is 1. The van der Waals surface area contributed by atoms with Crippen molar-refractivity contribution in [1.29, 1.82) is 0 Å². The Morgan fingerprint density at radius 3 is 2.00 bits per heavy atom. The lowest BCUT2D eigenvalue weighted by Crippen LogP contribution is -2.58. The van der Waals surface area contributed by atoms with Gasteiger partial charge in [0.25, 0.3) is 0 Å². The van der Waals surface area contributed by atoms with Gasteiger partial charge in [-0.05, 0) is 46.5 Å². The van der Waals surface area contributed by atoms with E-state index in [0.29, 0.717) is 5.92 Å². The van der Waals surface area contributed by atoms with Gasteiger partial charge >= 0.3 is 0 Å². The molecule has 13 heavy (non-hydrogen) atoms. The SMILES string of the molecule is COCC1CC(C)(C)NC(C)(C)C1. The predicted molar refractivity (Wildman–Crippen MR) is 55.9 cm³/mol. The molecule has 1 aliphatic rings. The highest BCUT2D eigenvalue weighted by atomic mass is 16.5. The Morgan fingerprint density at radius 1 is 1.15 bits per heavy atom. The second-order valence-corrected chi connectivity index (χ2v) is 5.62. The summed E-state index contributed by atoms with van der Waals surface area (Å²) in [5, 5.41) is 3.66. The lowest BCUT2D eigenvalue weighted by Gasteiger charge is -2.46. The highest BCUT2D eigenvalue weighted by Crippen LogP contribution is 2.32. The molecule has 0 spiro atoms. The number of hydrogen-bond acceptors (Lipinski definition) is 2. The smallest absolute Gasteiger partial charge is 0.0491 e. The van der Waals surface area contributed by atoms with E-state index in [1.165, 1.54) is 12.8 Å². The minimum Gasteiger partial charge on any atom is -0.384 e. The largest absolute Gasteiger partial charge is 0.384 e. The van der Waals surface area contributed by atoms with Gasteiger partial charge in [-0.3, -0.25) is 0 Å². The number of hydrogen-bond donors (Lipinski definition) is 1. The van der Waals surface area contributed by atoms with Gasteiger partial charge < -0.3 is 10.1 Å². The van der Waals surface area contributed by atoms with E-state index in [0.717, 1.165) is 6.61 Å². The summed E-state index contributed by atoms with van der Waals surface area (Å²) in [4.78, 5) is 0. The summed E-state index contributed by atoms with van der Waals surface area (Å²) in [5.74, 6) is 0.705. The Hall–Kier alpha value is -0.0800. The van der Waals surface area contributed by atoms with E-state index < -0.39 is 0 Å². The molecule has 2 heteroatoms. The minimum atomic E-state index is 0.255. The molecule has 1 N–H and O–H groups in total. The Kier molecular flexibility index (Phi) is 3.03. The van der Waals surface area contributed by atoms with Crippen LogP contribution in [0.2, 0.25) is 0 Å². The van der Waals surface area contributed by atoms with Crippen molar-refractivity contribution < 1.29 is 4.74 Å². The molecule has 1 rings (SSSR count). The van der Waals surface area contributed by atoms with E-state index in [1.807, 2.05) is 0 Å². The molecule has 0 aromatic heterocycles. The van der Waals surface area contributed by atoms with E-state index in [-0.39, 0.29) is 11.1 Å². The first-order valence-electron chi connectivity index (χ1n) is 5.13. The molecule has 1 heterocycles. The summed E-state index contributed by atoms with van der Waals surface area (Å²) in [6.07, 6.45) is 2.43. The number of rotatable bonds is 2. The predicted octanol–water partition coefficient (Wildman–Crippen LogP) is 2.19. The highest BCUT2D eigenvalue weighted by molar-refractivity contribution is 4.96. The molecule has 0 aromatic rings. The van der Waals surface area contributed by atoms with Crippen molar-refractivity contribution in [3.8, 4) is 0 Å². The molecule has 0 aromatic carbocycles. The second-order valence-electron chi connectivity index (χ2n) is 5.62. The van der Waals surface area contributed by atoms with Gasteiger partial charge in [0.1, 0.15) is 0 Å². The van der Waals surface area contributed by atoms with Gasteiger partial charge in [-0.1, -0.05) is 0 Å². The van der Waals surface area contributed by atoms with Crippen LogP contribution in [-0.2, 0) is 4.74 Å². The fourth-order valence-corrected chi connectivity index (χ4v) is 2.89. The quantitative estimate of drug-likeness (QED) is 0.712. The Bertz CT molecular complexity index is 159. The van der Waals surface area contributed by atoms with Gasteiger partial charge in [0.15, 0.2) is 0 Å². The molecular formula is C11H23NO. The molecule has 0 bridgehead atoms. The number of ether oxygens (including phenoxy) is 1. The zero-order valence-electron chi connectivity index (χ0n) is 9.61. The fraction of sp³-hybridized carbons (Fsp3) is 1.00. The minimum absolute atomic E-state index is 0.255. The van der Waals surface area contributed by atoms with E-state index in [4.69, 9.17) is 4.74 Å². The molecule has 0 amide bonds. The topological polar surface area (TPSA) is 21.3 Å². The Labute approximate surface area is 82.0 Å². The van der Waals surface area contributed by atoms with Crippen molar-refractivity contribution in [2.24, 2.45) is 5.92 Å². The van der Waals surface area contributed by atoms with Crippen LogP contribution >= 0.6 is 0 Å². The van der Waals surface area contributed by atoms with E-state index in [1.54, 1.807) is 7.11 Å². The monoisotopic (exact) mass is 185 g/mol. The van der Waals surface area contributed by atoms with Crippen LogP contribution in [0.3, 0.4) is 0 Å². The van der Waals surface area contributed by atoms with Gasteiger partial charge in [-0.25, -0.2) is 0 Å². The Balaban J connectivity index is 2.61. The molecule has 78 valence electrons. The van der Waals surface area contributed by atoms with Gasteiger partial charge in [0.05, 0.1) is 0 Å². The third-order valence-electron chi connectivity index (χ3n) is 2.68. The first-order chi connectivity index (χ1) is 5.85. The van der Waals surface area contributed by atoms with Crippen LogP contribution in [0.4, 0.5) is 0 Å². The van der Waals surface area contributed by atoms with Crippen LogP contribution < -0.4 is 5.32 Å². The molecular weight excluding hydrogens is 162 g/mol. The molecule has 2 nitrogen and oxygen atoms in total. The summed E-state index contributed by atoms with van der Waals surface area (Å²) in [6, 6.07) is 0. The van der Waals surface area contributed by atoms with Gasteiger partial charge in [0, 0.05) is 24.8 Å². The zero-order chi connectivity index (χ0) is 10.1. The molecule has 0 unspecified atom stereocenters. The number of piperidine rings is 1. The van der Waals surface area contributed by atoms with Crippen LogP contribution in [0.25, 0.3) is 0 Å². The zero-order valence-corrected chi connectivity index (χ0v) is 9.61. The van der Waals surface area contributed by atoms with Crippen LogP contribution in [0.1, 0.15) is 40.5 Å². The van der Waals surface area contributed by atoms with Crippen molar-refractivity contribution in [3.63, 3.8) is 0 Å². The van der Waals surface area contributed by atoms with Crippen molar-refractivity contribution in [3.05, 3.63) is 0 Å². The average molecular weight is 185 g/mol. The van der Waals surface area contributed by atoms with E-state index in [2.05, 4.69) is 33.0 Å². The summed E-state index contributed by atoms with van der Waals surface area (Å²) in [7, 11) is 1.79. The molecule has 0 atom stereocenters. The second kappa shape index (κ2) is 3.58. The molecule has 1 fully saturated rings. The molecule has 0 aliphatic carbocycles. The third kappa shape index (κ3) is 3.28. The lowest BCUT2D eigenvalue weighted by molar-refractivity contribution is 0.0640. The maximum atomic E-state index is 5.24. The molecule has 1 saturated heterocycles. The van der Waals surface area contributed by atoms with E-state index in [9.17, 15) is 0 Å². The summed E-state index contributed by atoms with van der Waals surface area (Å²) in [5.41, 5.74) is 0.510. The third-order valence-corrected chi connectivity index (χ3v) is 2.68. The first kappa shape index (κ1) is 11.0. The maximum Gasteiger partial charge on any atom is 0.0491 e. The van der Waals surface area contributed by atoms with Crippen molar-refractivity contribution in [1.82, 2.24) is 5.32 Å². The molecule has 0 saturated carbocycles. The molecule has 0 radical (unpaired) electrons. The Morgan fingerprint density at radius 2 is 1.62 bits per heavy atom. The van der Waals surface area contributed by atoms with Crippen molar-refractivity contribution in [2.75, 3.05) is 13.7 Å². The highest BCUT2D eigenvalue weighted by Gasteiger charge is 2.37. The van der Waals surface area contributed by atoms with Crippen LogP contribution in [0.15, 0.2) is 0 Å². The summed E-state index contributed by atoms with van der Waals surface area (Å²) < 4.78 is 5.24. The molecule has 1 aliphatic heterocycles. The lowest BCUT2D eigenvalue weighted by atomic mass is 9.76. The van der Waals surface area contributed by atoms with Crippen LogP contribution in [0.5, 0.6) is 0 Å². The maximum absolute atomic E-state index is 5.24. The summed E-state index contributed by atoms with van der Waals surface area (Å²) >= 11 is 0. The normalized spacial score (nSPS) is 27.5. The fourth-order valence-electron chi connectivity index (χ4n) is 2.89. The standard InChI is InChI=1S/C11H23NO/c1-10(2)6-9(8-13-5)7-11(3,4)12-10/h9,12H,6-8H2,1-5H3. The van der Waals surface area contributed by atoms with Crippen molar-refractivity contribution in [2.45, 2.75) is 51.6 Å². The van der Waals surface area contributed by atoms with Gasteiger partial charge in [-0.2, -0.15) is 0 Å². The first-order valence-corrected chi connectivity index (χ1v) is 5.13. The number of methoxy groups -OCH3 is 1. The van der Waals surface area contributed by atoms with Gasteiger partial charge in [0.2, 0.25) is 0 Å². The van der Waals surface area contributed by atoms with E-state index >= 15 is 0 Å². The van der Waals surface area contributed by atoms with Crippen molar-refractivity contribution >= 4 is 0 Å². The average Bonchev–Trinajstić information content (AvgIpc) is 1.78. The van der Waals surface area contributed by atoms with Crippen LogP contribution in [-0.4, -0.2) is 24.8 Å².